The van der Waals surface area contributed by atoms with Gasteiger partial charge < -0.3 is 10.2 Å². The highest BCUT2D eigenvalue weighted by Gasteiger charge is 2.15. The SMILES string of the molecule is CC(CN(C)C)Nc1ccc([N+](=O)[O-])c2cccnc12. The monoisotopic (exact) mass is 274 g/mol. The Hall–Kier alpha value is -2.21. The summed E-state index contributed by atoms with van der Waals surface area (Å²) >= 11 is 0. The first-order chi connectivity index (χ1) is 9.49. The van der Waals surface area contributed by atoms with Crippen LogP contribution in [0.1, 0.15) is 6.92 Å². The summed E-state index contributed by atoms with van der Waals surface area (Å²) in [6, 6.07) is 6.90. The summed E-state index contributed by atoms with van der Waals surface area (Å²) in [5, 5.41) is 15.0. The lowest BCUT2D eigenvalue weighted by molar-refractivity contribution is -0.383. The van der Waals surface area contributed by atoms with Gasteiger partial charge in [0.1, 0.15) is 5.52 Å². The van der Waals surface area contributed by atoms with Gasteiger partial charge in [-0.3, -0.25) is 15.1 Å². The number of anilines is 1. The van der Waals surface area contributed by atoms with Gasteiger partial charge in [-0.05, 0) is 39.2 Å². The first-order valence-electron chi connectivity index (χ1n) is 6.42. The number of likely N-dealkylation sites (N-methyl/N-ethyl adjacent to an activating group) is 1. The number of nitrogens with one attached hydrogen (secondary N) is 1. The van der Waals surface area contributed by atoms with Crippen LogP contribution in [0.4, 0.5) is 11.4 Å². The van der Waals surface area contributed by atoms with Crippen LogP contribution >= 0.6 is 0 Å². The van der Waals surface area contributed by atoms with E-state index in [9.17, 15) is 10.1 Å². The van der Waals surface area contributed by atoms with Crippen molar-refractivity contribution in [3.63, 3.8) is 0 Å². The molecule has 2 aromatic rings. The minimum absolute atomic E-state index is 0.0823. The average Bonchev–Trinajstić information content (AvgIpc) is 2.37. The van der Waals surface area contributed by atoms with Gasteiger partial charge in [-0.15, -0.1) is 0 Å². The Labute approximate surface area is 117 Å². The summed E-state index contributed by atoms with van der Waals surface area (Å²) < 4.78 is 0. The summed E-state index contributed by atoms with van der Waals surface area (Å²) in [6.45, 7) is 2.93. The van der Waals surface area contributed by atoms with Gasteiger partial charge in [0.25, 0.3) is 5.69 Å². The molecule has 6 nitrogen and oxygen atoms in total. The maximum atomic E-state index is 11.0. The Kier molecular flexibility index (Phi) is 4.14. The van der Waals surface area contributed by atoms with Crippen molar-refractivity contribution < 1.29 is 4.92 Å². The van der Waals surface area contributed by atoms with E-state index in [-0.39, 0.29) is 16.7 Å². The number of pyridine rings is 1. The van der Waals surface area contributed by atoms with Crippen molar-refractivity contribution in [2.24, 2.45) is 0 Å². The van der Waals surface area contributed by atoms with Crippen molar-refractivity contribution in [1.82, 2.24) is 9.88 Å². The van der Waals surface area contributed by atoms with Crippen LogP contribution in [0.5, 0.6) is 0 Å². The molecule has 106 valence electrons. The van der Waals surface area contributed by atoms with Crippen LogP contribution in [0.25, 0.3) is 10.9 Å². The highest BCUT2D eigenvalue weighted by atomic mass is 16.6. The fraction of sp³-hybridized carbons (Fsp3) is 0.357. The minimum Gasteiger partial charge on any atom is -0.380 e. The van der Waals surface area contributed by atoms with Crippen molar-refractivity contribution in [2.75, 3.05) is 26.0 Å². The lowest BCUT2D eigenvalue weighted by Crippen LogP contribution is -2.29. The molecule has 0 saturated carbocycles. The number of hydrogen-bond donors (Lipinski definition) is 1. The third-order valence-corrected chi connectivity index (χ3v) is 2.98. The Morgan fingerprint density at radius 1 is 1.40 bits per heavy atom. The number of non-ortho nitro benzene ring substituents is 1. The Bertz CT molecular complexity index is 628. The molecule has 0 aliphatic rings. The van der Waals surface area contributed by atoms with Gasteiger partial charge in [0.2, 0.25) is 0 Å². The maximum absolute atomic E-state index is 11.0. The minimum atomic E-state index is -0.378. The molecule has 0 bridgehead atoms. The molecule has 6 heteroatoms. The zero-order chi connectivity index (χ0) is 14.7. The topological polar surface area (TPSA) is 71.3 Å². The first-order valence-corrected chi connectivity index (χ1v) is 6.42. The van der Waals surface area contributed by atoms with E-state index in [0.717, 1.165) is 12.2 Å². The smallest absolute Gasteiger partial charge is 0.278 e. The molecule has 0 spiro atoms. The van der Waals surface area contributed by atoms with Crippen LogP contribution in [0.15, 0.2) is 30.5 Å². The molecule has 0 amide bonds. The van der Waals surface area contributed by atoms with Gasteiger partial charge in [0, 0.05) is 24.8 Å². The van der Waals surface area contributed by atoms with Crippen LogP contribution in [-0.4, -0.2) is 41.5 Å². The van der Waals surface area contributed by atoms with Crippen LogP contribution in [0.3, 0.4) is 0 Å². The maximum Gasteiger partial charge on any atom is 0.278 e. The summed E-state index contributed by atoms with van der Waals surface area (Å²) in [6.07, 6.45) is 1.65. The number of nitro benzene ring substituents is 1. The molecule has 0 fully saturated rings. The fourth-order valence-electron chi connectivity index (χ4n) is 2.29. The second kappa shape index (κ2) is 5.83. The zero-order valence-electron chi connectivity index (χ0n) is 11.8. The van der Waals surface area contributed by atoms with E-state index < -0.39 is 0 Å². The number of nitro groups is 1. The summed E-state index contributed by atoms with van der Waals surface area (Å²) in [4.78, 5) is 17.0. The van der Waals surface area contributed by atoms with E-state index in [4.69, 9.17) is 0 Å². The normalized spacial score (nSPS) is 12.6. The predicted octanol–water partition coefficient (Wildman–Crippen LogP) is 2.51. The van der Waals surface area contributed by atoms with Gasteiger partial charge in [-0.25, -0.2) is 0 Å². The summed E-state index contributed by atoms with van der Waals surface area (Å²) in [7, 11) is 4.01. The quantitative estimate of drug-likeness (QED) is 0.670. The first kappa shape index (κ1) is 14.2. The predicted molar refractivity (Wildman–Crippen MR) is 80.0 cm³/mol. The molecule has 0 saturated heterocycles. The summed E-state index contributed by atoms with van der Waals surface area (Å²) in [5.74, 6) is 0. The molecule has 2 rings (SSSR count). The molecule has 1 aromatic carbocycles. The largest absolute Gasteiger partial charge is 0.380 e. The molecule has 0 radical (unpaired) electrons. The highest BCUT2D eigenvalue weighted by molar-refractivity contribution is 5.96. The van der Waals surface area contributed by atoms with Gasteiger partial charge in [-0.2, -0.15) is 0 Å². The number of benzene rings is 1. The van der Waals surface area contributed by atoms with Gasteiger partial charge >= 0.3 is 0 Å². The molecule has 0 aliphatic heterocycles. The molecule has 1 atom stereocenters. The highest BCUT2D eigenvalue weighted by Crippen LogP contribution is 2.29. The Balaban J connectivity index is 2.40. The molecule has 1 unspecified atom stereocenters. The second-order valence-corrected chi connectivity index (χ2v) is 5.10. The lowest BCUT2D eigenvalue weighted by atomic mass is 10.1. The van der Waals surface area contributed by atoms with Gasteiger partial charge in [0.15, 0.2) is 0 Å². The molecular formula is C14H18N4O2. The number of aromatic nitrogens is 1. The third-order valence-electron chi connectivity index (χ3n) is 2.98. The second-order valence-electron chi connectivity index (χ2n) is 5.10. The van der Waals surface area contributed by atoms with Crippen molar-refractivity contribution in [2.45, 2.75) is 13.0 Å². The number of nitrogens with zero attached hydrogens (tertiary/aromatic N) is 3. The Morgan fingerprint density at radius 3 is 2.80 bits per heavy atom. The van der Waals surface area contributed by atoms with E-state index in [2.05, 4.69) is 22.1 Å². The van der Waals surface area contributed by atoms with Crippen LogP contribution in [0, 0.1) is 10.1 Å². The van der Waals surface area contributed by atoms with E-state index in [1.807, 2.05) is 14.1 Å². The Morgan fingerprint density at radius 2 is 2.15 bits per heavy atom. The average molecular weight is 274 g/mol. The summed E-state index contributed by atoms with van der Waals surface area (Å²) in [5.41, 5.74) is 1.53. The number of fused-ring (bicyclic) bond motifs is 1. The van der Waals surface area contributed by atoms with Gasteiger partial charge in [0.05, 0.1) is 16.0 Å². The van der Waals surface area contributed by atoms with Crippen LogP contribution in [0.2, 0.25) is 0 Å². The standard InChI is InChI=1S/C14H18N4O2/c1-10(9-17(2)3)16-12-6-7-13(18(19)20)11-5-4-8-15-14(11)12/h4-8,10,16H,9H2,1-3H3. The molecule has 0 aliphatic carbocycles. The molecular weight excluding hydrogens is 256 g/mol. The molecule has 20 heavy (non-hydrogen) atoms. The molecule has 1 heterocycles. The van der Waals surface area contributed by atoms with Crippen molar-refractivity contribution in [3.05, 3.63) is 40.6 Å². The van der Waals surface area contributed by atoms with E-state index in [0.29, 0.717) is 10.9 Å². The zero-order valence-corrected chi connectivity index (χ0v) is 11.8. The van der Waals surface area contributed by atoms with Crippen LogP contribution < -0.4 is 5.32 Å². The number of rotatable bonds is 5. The number of hydrogen-bond acceptors (Lipinski definition) is 5. The van der Waals surface area contributed by atoms with E-state index in [1.54, 1.807) is 24.4 Å². The van der Waals surface area contributed by atoms with E-state index in [1.165, 1.54) is 6.07 Å². The molecule has 1 N–H and O–H groups in total. The fourth-order valence-corrected chi connectivity index (χ4v) is 2.29. The van der Waals surface area contributed by atoms with Crippen molar-refractivity contribution in [3.8, 4) is 0 Å². The molecule has 1 aromatic heterocycles. The lowest BCUT2D eigenvalue weighted by Gasteiger charge is -2.20. The van der Waals surface area contributed by atoms with E-state index >= 15 is 0 Å². The van der Waals surface area contributed by atoms with Crippen LogP contribution in [-0.2, 0) is 0 Å². The third kappa shape index (κ3) is 3.03. The van der Waals surface area contributed by atoms with Gasteiger partial charge in [-0.1, -0.05) is 0 Å². The van der Waals surface area contributed by atoms with Crippen molar-refractivity contribution in [1.29, 1.82) is 0 Å². The van der Waals surface area contributed by atoms with Crippen molar-refractivity contribution >= 4 is 22.3 Å².